The van der Waals surface area contributed by atoms with Crippen LogP contribution in [0.1, 0.15) is 40.0 Å². The summed E-state index contributed by atoms with van der Waals surface area (Å²) in [5, 5.41) is 3.19. The highest BCUT2D eigenvalue weighted by Gasteiger charge is 2.37. The van der Waals surface area contributed by atoms with Gasteiger partial charge in [-0.2, -0.15) is 11.8 Å². The molecule has 7 nitrogen and oxygen atoms in total. The van der Waals surface area contributed by atoms with Gasteiger partial charge in [0.25, 0.3) is 5.91 Å². The van der Waals surface area contributed by atoms with E-state index in [0.29, 0.717) is 13.0 Å². The number of imidazole rings is 1. The fourth-order valence-electron chi connectivity index (χ4n) is 4.43. The van der Waals surface area contributed by atoms with Gasteiger partial charge in [0, 0.05) is 13.0 Å². The maximum atomic E-state index is 13.7. The number of H-pyrrole nitrogens is 1. The number of fused-ring (bicyclic) bond motifs is 2. The summed E-state index contributed by atoms with van der Waals surface area (Å²) in [6.07, 6.45) is 4.69. The molecule has 2 aromatic carbocycles. The minimum Gasteiger partial charge on any atom is -0.459 e. The van der Waals surface area contributed by atoms with Gasteiger partial charge in [-0.3, -0.25) is 9.59 Å². The number of aromatic amines is 1. The van der Waals surface area contributed by atoms with Gasteiger partial charge in [0.15, 0.2) is 5.76 Å². The van der Waals surface area contributed by atoms with Crippen LogP contribution in [0.25, 0.3) is 11.0 Å². The monoisotopic (exact) mass is 474 g/mol. The van der Waals surface area contributed by atoms with E-state index in [2.05, 4.69) is 10.3 Å². The summed E-state index contributed by atoms with van der Waals surface area (Å²) in [6, 6.07) is 18.1. The number of thioether (sulfide) groups is 1. The van der Waals surface area contributed by atoms with Crippen LogP contribution in [0.2, 0.25) is 0 Å². The molecule has 1 aliphatic heterocycles. The van der Waals surface area contributed by atoms with Crippen molar-refractivity contribution in [2.24, 2.45) is 0 Å². The van der Waals surface area contributed by atoms with E-state index in [1.807, 2.05) is 54.8 Å². The van der Waals surface area contributed by atoms with Gasteiger partial charge in [-0.25, -0.2) is 4.98 Å². The lowest BCUT2D eigenvalue weighted by Crippen LogP contribution is -2.53. The van der Waals surface area contributed by atoms with Crippen LogP contribution in [-0.4, -0.2) is 44.7 Å². The summed E-state index contributed by atoms with van der Waals surface area (Å²) in [5.41, 5.74) is 3.92. The molecule has 0 fully saturated rings. The summed E-state index contributed by atoms with van der Waals surface area (Å²) in [4.78, 5) is 36.6. The number of nitrogens with one attached hydrogen (secondary N) is 2. The zero-order valence-electron chi connectivity index (χ0n) is 18.9. The normalized spacial score (nSPS) is 16.3. The quantitative estimate of drug-likeness (QED) is 0.416. The number of benzene rings is 2. The molecule has 2 N–H and O–H groups in total. The van der Waals surface area contributed by atoms with Crippen molar-refractivity contribution in [3.05, 3.63) is 89.6 Å². The van der Waals surface area contributed by atoms with Crippen LogP contribution in [0.4, 0.5) is 0 Å². The molecule has 3 heterocycles. The maximum absolute atomic E-state index is 13.7. The van der Waals surface area contributed by atoms with Gasteiger partial charge >= 0.3 is 0 Å². The van der Waals surface area contributed by atoms with Crippen LogP contribution in [0.5, 0.6) is 0 Å². The van der Waals surface area contributed by atoms with Crippen LogP contribution in [0, 0.1) is 0 Å². The van der Waals surface area contributed by atoms with Crippen molar-refractivity contribution in [3.8, 4) is 0 Å². The predicted octanol–water partition coefficient (Wildman–Crippen LogP) is 4.33. The van der Waals surface area contributed by atoms with Crippen LogP contribution >= 0.6 is 11.8 Å². The molecular weight excluding hydrogens is 448 g/mol. The van der Waals surface area contributed by atoms with Crippen LogP contribution in [0.3, 0.4) is 0 Å². The third-order valence-electron chi connectivity index (χ3n) is 6.21. The zero-order chi connectivity index (χ0) is 23.5. The fraction of sp³-hybridized carbons (Fsp3) is 0.269. The number of furan rings is 1. The number of rotatable bonds is 7. The maximum Gasteiger partial charge on any atom is 0.290 e. The number of carbonyl (C=O) groups is 2. The van der Waals surface area contributed by atoms with E-state index < -0.39 is 6.04 Å². The molecule has 4 aromatic rings. The first-order valence-electron chi connectivity index (χ1n) is 11.3. The highest BCUT2D eigenvalue weighted by molar-refractivity contribution is 7.98. The Bertz CT molecular complexity index is 1270. The Morgan fingerprint density at radius 2 is 1.94 bits per heavy atom. The van der Waals surface area contributed by atoms with E-state index >= 15 is 0 Å². The van der Waals surface area contributed by atoms with E-state index in [0.717, 1.165) is 40.2 Å². The third kappa shape index (κ3) is 4.46. The number of aromatic nitrogens is 2. The summed E-state index contributed by atoms with van der Waals surface area (Å²) in [7, 11) is 0. The molecule has 0 bridgehead atoms. The van der Waals surface area contributed by atoms with Gasteiger partial charge in [-0.15, -0.1) is 0 Å². The first kappa shape index (κ1) is 22.3. The molecule has 34 heavy (non-hydrogen) atoms. The van der Waals surface area contributed by atoms with Crippen molar-refractivity contribution in [1.82, 2.24) is 20.2 Å². The Hall–Kier alpha value is -3.52. The van der Waals surface area contributed by atoms with Crippen molar-refractivity contribution in [2.45, 2.75) is 31.5 Å². The van der Waals surface area contributed by atoms with Crippen molar-refractivity contribution in [3.63, 3.8) is 0 Å². The molecule has 0 spiro atoms. The second-order valence-electron chi connectivity index (χ2n) is 8.38. The van der Waals surface area contributed by atoms with Crippen LogP contribution in [-0.2, 0) is 17.8 Å². The minimum atomic E-state index is -0.645. The number of para-hydroxylation sites is 2. The van der Waals surface area contributed by atoms with Crippen LogP contribution in [0.15, 0.2) is 71.3 Å². The molecule has 5 rings (SSSR count). The fourth-order valence-corrected chi connectivity index (χ4v) is 4.90. The first-order valence-corrected chi connectivity index (χ1v) is 12.7. The Labute approximate surface area is 201 Å². The molecule has 2 amide bonds. The lowest BCUT2D eigenvalue weighted by molar-refractivity contribution is -0.127. The van der Waals surface area contributed by atoms with Gasteiger partial charge < -0.3 is 19.6 Å². The lowest BCUT2D eigenvalue weighted by atomic mass is 9.93. The van der Waals surface area contributed by atoms with Crippen molar-refractivity contribution < 1.29 is 14.0 Å². The average molecular weight is 475 g/mol. The van der Waals surface area contributed by atoms with Crippen molar-refractivity contribution >= 4 is 34.6 Å². The molecule has 8 heteroatoms. The predicted molar refractivity (Wildman–Crippen MR) is 132 cm³/mol. The standard InChI is InChI=1S/C26H26N4O3S/c1-34-14-12-21(24-27-19-9-4-5-10-20(19)28-24)29-25(31)22-15-17-7-2-3-8-18(17)16-30(22)26(32)23-11-6-13-33-23/h2-11,13,21-22H,12,14-16H2,1H3,(H,27,28)(H,29,31)/t21-,22-/m0/s1. The average Bonchev–Trinajstić information content (AvgIpc) is 3.55. The van der Waals surface area contributed by atoms with Crippen LogP contribution < -0.4 is 5.32 Å². The molecule has 2 aromatic heterocycles. The minimum absolute atomic E-state index is 0.194. The second kappa shape index (κ2) is 9.77. The molecule has 0 aliphatic carbocycles. The summed E-state index contributed by atoms with van der Waals surface area (Å²) in [6.45, 7) is 0.355. The van der Waals surface area contributed by atoms with Gasteiger partial charge in [0.1, 0.15) is 11.9 Å². The Morgan fingerprint density at radius 3 is 2.71 bits per heavy atom. The Kier molecular flexibility index (Phi) is 6.40. The molecule has 0 saturated carbocycles. The van der Waals surface area contributed by atoms with E-state index in [1.165, 1.54) is 6.26 Å². The largest absolute Gasteiger partial charge is 0.459 e. The van der Waals surface area contributed by atoms with E-state index in [9.17, 15) is 9.59 Å². The molecule has 1 aliphatic rings. The molecule has 2 atom stereocenters. The second-order valence-corrected chi connectivity index (χ2v) is 9.37. The molecule has 174 valence electrons. The summed E-state index contributed by atoms with van der Waals surface area (Å²) in [5.74, 6) is 1.34. The Morgan fingerprint density at radius 1 is 1.15 bits per heavy atom. The van der Waals surface area contributed by atoms with Gasteiger partial charge in [0.05, 0.1) is 23.3 Å². The number of hydrogen-bond acceptors (Lipinski definition) is 5. The van der Waals surface area contributed by atoms with E-state index in [4.69, 9.17) is 9.40 Å². The highest BCUT2D eigenvalue weighted by Crippen LogP contribution is 2.27. The SMILES string of the molecule is CSCC[C@H](NC(=O)[C@@H]1Cc2ccccc2CN1C(=O)c1ccco1)c1nc2ccccc2[nH]1. The summed E-state index contributed by atoms with van der Waals surface area (Å²) >= 11 is 1.72. The van der Waals surface area contributed by atoms with Crippen molar-refractivity contribution in [1.29, 1.82) is 0 Å². The van der Waals surface area contributed by atoms with Gasteiger partial charge in [-0.05, 0) is 53.8 Å². The number of carbonyl (C=O) groups excluding carboxylic acids is 2. The summed E-state index contributed by atoms with van der Waals surface area (Å²) < 4.78 is 5.36. The van der Waals surface area contributed by atoms with E-state index in [-0.39, 0.29) is 23.6 Å². The molecular formula is C26H26N4O3S. The smallest absolute Gasteiger partial charge is 0.290 e. The molecule has 0 saturated heterocycles. The molecule has 0 radical (unpaired) electrons. The zero-order valence-corrected chi connectivity index (χ0v) is 19.7. The number of amides is 2. The van der Waals surface area contributed by atoms with Crippen molar-refractivity contribution in [2.75, 3.05) is 12.0 Å². The third-order valence-corrected chi connectivity index (χ3v) is 6.85. The number of hydrogen-bond donors (Lipinski definition) is 2. The lowest BCUT2D eigenvalue weighted by Gasteiger charge is -2.36. The number of nitrogens with zero attached hydrogens (tertiary/aromatic N) is 2. The van der Waals surface area contributed by atoms with E-state index in [1.54, 1.807) is 28.8 Å². The topological polar surface area (TPSA) is 91.2 Å². The first-order chi connectivity index (χ1) is 16.6. The van der Waals surface area contributed by atoms with Gasteiger partial charge in [-0.1, -0.05) is 36.4 Å². The molecule has 0 unspecified atom stereocenters. The Balaban J connectivity index is 1.43. The van der Waals surface area contributed by atoms with Gasteiger partial charge in [0.2, 0.25) is 5.91 Å². The highest BCUT2D eigenvalue weighted by atomic mass is 32.2.